The molecule has 1 fully saturated rings. The van der Waals surface area contributed by atoms with E-state index in [9.17, 15) is 5.11 Å². The first kappa shape index (κ1) is 14.4. The fraction of sp³-hybridized carbons (Fsp3) is 0.846. The Hall–Kier alpha value is -0.980. The number of hydrogen-bond donors (Lipinski definition) is 2. The Morgan fingerprint density at radius 2 is 2.11 bits per heavy atom. The maximum absolute atomic E-state index is 9.24. The quantitative estimate of drug-likeness (QED) is 0.804. The van der Waals surface area contributed by atoms with E-state index in [2.05, 4.69) is 29.3 Å². The van der Waals surface area contributed by atoms with Crippen molar-refractivity contribution in [2.75, 3.05) is 19.8 Å². The molecule has 1 aromatic heterocycles. The van der Waals surface area contributed by atoms with E-state index in [1.165, 1.54) is 0 Å². The number of nitrogens with zero attached hydrogens (tertiary/aromatic N) is 2. The molecule has 0 aromatic carbocycles. The van der Waals surface area contributed by atoms with Gasteiger partial charge in [0.25, 0.3) is 0 Å². The monoisotopic (exact) mass is 269 g/mol. The molecule has 0 aliphatic carbocycles. The summed E-state index contributed by atoms with van der Waals surface area (Å²) in [5.41, 5.74) is 0. The van der Waals surface area contributed by atoms with Gasteiger partial charge in [-0.2, -0.15) is 4.98 Å². The number of aliphatic hydroxyl groups excluding tert-OH is 1. The van der Waals surface area contributed by atoms with Gasteiger partial charge >= 0.3 is 0 Å². The molecule has 1 aromatic rings. The highest BCUT2D eigenvalue weighted by Gasteiger charge is 2.22. The summed E-state index contributed by atoms with van der Waals surface area (Å²) >= 11 is 0. The summed E-state index contributed by atoms with van der Waals surface area (Å²) in [7, 11) is 0. The van der Waals surface area contributed by atoms with Crippen LogP contribution in [-0.4, -0.2) is 41.1 Å². The Balaban J connectivity index is 1.86. The highest BCUT2D eigenvalue weighted by molar-refractivity contribution is 4.95. The van der Waals surface area contributed by atoms with Gasteiger partial charge in [-0.15, -0.1) is 0 Å². The first-order valence-electron chi connectivity index (χ1n) is 6.95. The molecular weight excluding hydrogens is 246 g/mol. The second kappa shape index (κ2) is 6.98. The zero-order valence-corrected chi connectivity index (χ0v) is 11.6. The normalized spacial score (nSPS) is 18.9. The Morgan fingerprint density at radius 3 is 2.74 bits per heavy atom. The number of aromatic nitrogens is 2. The zero-order chi connectivity index (χ0) is 13.7. The Morgan fingerprint density at radius 1 is 1.37 bits per heavy atom. The largest absolute Gasteiger partial charge is 0.395 e. The number of nitrogens with one attached hydrogen (secondary N) is 1. The molecule has 0 spiro atoms. The maximum Gasteiger partial charge on any atom is 0.229 e. The van der Waals surface area contributed by atoms with Crippen LogP contribution in [0.15, 0.2) is 4.52 Å². The number of rotatable bonds is 6. The molecule has 0 amide bonds. The Kier molecular flexibility index (Phi) is 5.30. The van der Waals surface area contributed by atoms with Gasteiger partial charge in [-0.3, -0.25) is 0 Å². The van der Waals surface area contributed by atoms with Gasteiger partial charge < -0.3 is 19.7 Å². The van der Waals surface area contributed by atoms with Gasteiger partial charge in [0.1, 0.15) is 0 Å². The lowest BCUT2D eigenvalue weighted by atomic mass is 10.0. The maximum atomic E-state index is 9.24. The summed E-state index contributed by atoms with van der Waals surface area (Å²) in [6.45, 7) is 6.30. The van der Waals surface area contributed by atoms with E-state index in [4.69, 9.17) is 9.26 Å². The molecule has 1 atom stereocenters. The van der Waals surface area contributed by atoms with Crippen molar-refractivity contribution in [3.05, 3.63) is 11.7 Å². The standard InChI is InChI=1S/C13H23N3O3/c1-9(2)11(8-17)14-7-12-15-13(19-16-12)10-3-5-18-6-4-10/h9-11,14,17H,3-8H2,1-2H3/t11-/m1/s1. The van der Waals surface area contributed by atoms with Crippen molar-refractivity contribution in [3.8, 4) is 0 Å². The number of ether oxygens (including phenoxy) is 1. The van der Waals surface area contributed by atoms with Gasteiger partial charge in [0.15, 0.2) is 5.82 Å². The van der Waals surface area contributed by atoms with Crippen molar-refractivity contribution in [2.24, 2.45) is 5.92 Å². The van der Waals surface area contributed by atoms with Crippen LogP contribution in [0.5, 0.6) is 0 Å². The third-order valence-electron chi connectivity index (χ3n) is 3.58. The molecule has 6 heteroatoms. The average molecular weight is 269 g/mol. The smallest absolute Gasteiger partial charge is 0.229 e. The molecule has 1 saturated heterocycles. The third kappa shape index (κ3) is 3.99. The highest BCUT2D eigenvalue weighted by Crippen LogP contribution is 2.25. The van der Waals surface area contributed by atoms with E-state index in [1.54, 1.807) is 0 Å². The summed E-state index contributed by atoms with van der Waals surface area (Å²) in [4.78, 5) is 4.42. The first-order valence-corrected chi connectivity index (χ1v) is 6.95. The fourth-order valence-corrected chi connectivity index (χ4v) is 2.18. The molecular formula is C13H23N3O3. The van der Waals surface area contributed by atoms with Crippen molar-refractivity contribution in [1.82, 2.24) is 15.5 Å². The summed E-state index contributed by atoms with van der Waals surface area (Å²) in [5, 5.41) is 16.5. The third-order valence-corrected chi connectivity index (χ3v) is 3.58. The summed E-state index contributed by atoms with van der Waals surface area (Å²) in [6, 6.07) is 0.0602. The summed E-state index contributed by atoms with van der Waals surface area (Å²) < 4.78 is 10.6. The van der Waals surface area contributed by atoms with E-state index < -0.39 is 0 Å². The minimum atomic E-state index is 0.0602. The van der Waals surface area contributed by atoms with Crippen LogP contribution in [0.4, 0.5) is 0 Å². The van der Waals surface area contributed by atoms with Crippen molar-refractivity contribution in [2.45, 2.75) is 45.2 Å². The highest BCUT2D eigenvalue weighted by atomic mass is 16.5. The molecule has 1 aliphatic heterocycles. The average Bonchev–Trinajstić information content (AvgIpc) is 2.89. The summed E-state index contributed by atoms with van der Waals surface area (Å²) in [6.07, 6.45) is 1.89. The molecule has 0 saturated carbocycles. The van der Waals surface area contributed by atoms with Gasteiger partial charge in [-0.25, -0.2) is 0 Å². The number of hydrogen-bond acceptors (Lipinski definition) is 6. The van der Waals surface area contributed by atoms with Crippen LogP contribution in [0.3, 0.4) is 0 Å². The molecule has 2 heterocycles. The fourth-order valence-electron chi connectivity index (χ4n) is 2.18. The lowest BCUT2D eigenvalue weighted by Crippen LogP contribution is -2.36. The molecule has 0 bridgehead atoms. The van der Waals surface area contributed by atoms with E-state index in [0.717, 1.165) is 26.1 Å². The predicted molar refractivity (Wildman–Crippen MR) is 69.6 cm³/mol. The molecule has 6 nitrogen and oxygen atoms in total. The Bertz CT molecular complexity index is 375. The van der Waals surface area contributed by atoms with Gasteiger partial charge in [-0.1, -0.05) is 19.0 Å². The van der Waals surface area contributed by atoms with Gasteiger partial charge in [0, 0.05) is 25.2 Å². The molecule has 108 valence electrons. The van der Waals surface area contributed by atoms with Crippen LogP contribution in [0.25, 0.3) is 0 Å². The second-order valence-corrected chi connectivity index (χ2v) is 5.35. The van der Waals surface area contributed by atoms with Gasteiger partial charge in [-0.05, 0) is 18.8 Å². The van der Waals surface area contributed by atoms with Crippen LogP contribution in [-0.2, 0) is 11.3 Å². The second-order valence-electron chi connectivity index (χ2n) is 5.35. The molecule has 1 aliphatic rings. The van der Waals surface area contributed by atoms with Crippen LogP contribution < -0.4 is 5.32 Å². The predicted octanol–water partition coefficient (Wildman–Crippen LogP) is 1.07. The van der Waals surface area contributed by atoms with Crippen LogP contribution >= 0.6 is 0 Å². The van der Waals surface area contributed by atoms with E-state index in [-0.39, 0.29) is 12.6 Å². The van der Waals surface area contributed by atoms with Crippen molar-refractivity contribution < 1.29 is 14.4 Å². The van der Waals surface area contributed by atoms with Crippen molar-refractivity contribution in [1.29, 1.82) is 0 Å². The van der Waals surface area contributed by atoms with Crippen LogP contribution in [0.2, 0.25) is 0 Å². The molecule has 2 N–H and O–H groups in total. The minimum Gasteiger partial charge on any atom is -0.395 e. The SMILES string of the molecule is CC(C)[C@@H](CO)NCc1noc(C2CCOCC2)n1. The van der Waals surface area contributed by atoms with Crippen molar-refractivity contribution in [3.63, 3.8) is 0 Å². The van der Waals surface area contributed by atoms with Gasteiger partial charge in [0.05, 0.1) is 13.2 Å². The summed E-state index contributed by atoms with van der Waals surface area (Å²) in [5.74, 6) is 2.06. The zero-order valence-electron chi connectivity index (χ0n) is 11.6. The van der Waals surface area contributed by atoms with Gasteiger partial charge in [0.2, 0.25) is 5.89 Å². The molecule has 19 heavy (non-hydrogen) atoms. The topological polar surface area (TPSA) is 80.4 Å². The minimum absolute atomic E-state index is 0.0602. The molecule has 0 unspecified atom stereocenters. The lowest BCUT2D eigenvalue weighted by molar-refractivity contribution is 0.0778. The van der Waals surface area contributed by atoms with Crippen LogP contribution in [0, 0.1) is 5.92 Å². The molecule has 2 rings (SSSR count). The Labute approximate surface area is 113 Å². The molecule has 0 radical (unpaired) electrons. The van der Waals surface area contributed by atoms with E-state index in [0.29, 0.717) is 30.1 Å². The lowest BCUT2D eigenvalue weighted by Gasteiger charge is -2.19. The van der Waals surface area contributed by atoms with E-state index >= 15 is 0 Å². The van der Waals surface area contributed by atoms with E-state index in [1.807, 2.05) is 0 Å². The van der Waals surface area contributed by atoms with Crippen molar-refractivity contribution >= 4 is 0 Å². The van der Waals surface area contributed by atoms with Crippen LogP contribution in [0.1, 0.15) is 44.3 Å². The first-order chi connectivity index (χ1) is 9.20. The number of aliphatic hydroxyl groups is 1.